The average Bonchev–Trinajstić information content (AvgIpc) is 2.62. The highest BCUT2D eigenvalue weighted by Gasteiger charge is 2.26. The second kappa shape index (κ2) is 13.6. The largest absolute Gasteiger partial charge is 0.507 e. The molecular formula is C23H41NO6. The number of carbonyl (C=O) groups is 1. The van der Waals surface area contributed by atoms with E-state index in [2.05, 4.69) is 41.5 Å². The van der Waals surface area contributed by atoms with Gasteiger partial charge in [0.25, 0.3) is 0 Å². The predicted octanol–water partition coefficient (Wildman–Crippen LogP) is 2.41. The van der Waals surface area contributed by atoms with Crippen LogP contribution in [-0.2, 0) is 31.5 Å². The molecule has 0 heterocycles. The van der Waals surface area contributed by atoms with Gasteiger partial charge in [-0.15, -0.1) is 0 Å². The Labute approximate surface area is 181 Å². The first-order valence-corrected chi connectivity index (χ1v) is 10.4. The Bertz CT molecular complexity index is 589. The van der Waals surface area contributed by atoms with Gasteiger partial charge in [0, 0.05) is 6.42 Å². The zero-order chi connectivity index (χ0) is 23.4. The van der Waals surface area contributed by atoms with Gasteiger partial charge in [0.05, 0.1) is 39.6 Å². The van der Waals surface area contributed by atoms with Gasteiger partial charge in [-0.2, -0.15) is 0 Å². The van der Waals surface area contributed by atoms with E-state index in [0.29, 0.717) is 45.0 Å². The van der Waals surface area contributed by atoms with E-state index in [-0.39, 0.29) is 30.0 Å². The van der Waals surface area contributed by atoms with Crippen molar-refractivity contribution in [1.29, 1.82) is 0 Å². The molecule has 7 heteroatoms. The van der Waals surface area contributed by atoms with Crippen molar-refractivity contribution < 1.29 is 29.6 Å². The molecule has 0 saturated heterocycles. The summed E-state index contributed by atoms with van der Waals surface area (Å²) in [5.74, 6) is 0.0699. The molecule has 1 rings (SSSR count). The maximum absolute atomic E-state index is 11.0. The number of amides is 1. The SMILES string of the molecule is CC(C)(C)c1cc(CCC(N)=O)cc(C(C)(C)C)c1O.OCCOCCOCCO. The van der Waals surface area contributed by atoms with E-state index in [1.165, 1.54) is 0 Å². The number of nitrogens with two attached hydrogens (primary N) is 1. The van der Waals surface area contributed by atoms with Crippen LogP contribution in [0, 0.1) is 0 Å². The molecule has 0 radical (unpaired) electrons. The predicted molar refractivity (Wildman–Crippen MR) is 119 cm³/mol. The summed E-state index contributed by atoms with van der Waals surface area (Å²) in [6.45, 7) is 14.2. The van der Waals surface area contributed by atoms with Crippen molar-refractivity contribution in [3.63, 3.8) is 0 Å². The number of hydrogen-bond donors (Lipinski definition) is 4. The van der Waals surface area contributed by atoms with Crippen molar-refractivity contribution in [2.45, 2.75) is 65.2 Å². The lowest BCUT2D eigenvalue weighted by molar-refractivity contribution is -0.117. The Hall–Kier alpha value is -1.67. The number of benzene rings is 1. The molecule has 1 amide bonds. The Morgan fingerprint density at radius 2 is 1.27 bits per heavy atom. The normalized spacial score (nSPS) is 11.7. The number of aryl methyl sites for hydroxylation is 1. The molecule has 0 aliphatic rings. The molecule has 0 spiro atoms. The van der Waals surface area contributed by atoms with Gasteiger partial charge >= 0.3 is 0 Å². The zero-order valence-corrected chi connectivity index (χ0v) is 19.5. The van der Waals surface area contributed by atoms with Crippen LogP contribution in [0.3, 0.4) is 0 Å². The second-order valence-electron chi connectivity index (χ2n) is 9.18. The van der Waals surface area contributed by atoms with E-state index >= 15 is 0 Å². The molecular weight excluding hydrogens is 386 g/mol. The first-order chi connectivity index (χ1) is 13.8. The molecule has 30 heavy (non-hydrogen) atoms. The van der Waals surface area contributed by atoms with Crippen molar-refractivity contribution in [2.24, 2.45) is 5.73 Å². The minimum atomic E-state index is -0.298. The average molecular weight is 428 g/mol. The van der Waals surface area contributed by atoms with Crippen LogP contribution in [0.15, 0.2) is 12.1 Å². The van der Waals surface area contributed by atoms with E-state index in [9.17, 15) is 9.90 Å². The first-order valence-electron chi connectivity index (χ1n) is 10.4. The fraction of sp³-hybridized carbons (Fsp3) is 0.696. The van der Waals surface area contributed by atoms with E-state index in [1.54, 1.807) is 0 Å². The van der Waals surface area contributed by atoms with Crippen molar-refractivity contribution >= 4 is 5.91 Å². The number of aromatic hydroxyl groups is 1. The van der Waals surface area contributed by atoms with Gasteiger partial charge < -0.3 is 30.5 Å². The summed E-state index contributed by atoms with van der Waals surface area (Å²) in [4.78, 5) is 11.0. The Balaban J connectivity index is 0.000000710. The number of phenolic OH excluding ortho intramolecular Hbond substituents is 1. The molecule has 174 valence electrons. The quantitative estimate of drug-likeness (QED) is 0.425. The maximum atomic E-state index is 11.0. The topological polar surface area (TPSA) is 122 Å². The van der Waals surface area contributed by atoms with Crippen LogP contribution < -0.4 is 5.73 Å². The molecule has 0 unspecified atom stereocenters. The molecule has 7 nitrogen and oxygen atoms in total. The molecule has 0 atom stereocenters. The van der Waals surface area contributed by atoms with Gasteiger partial charge in [0.1, 0.15) is 5.75 Å². The van der Waals surface area contributed by atoms with Gasteiger partial charge in [0.2, 0.25) is 5.91 Å². The van der Waals surface area contributed by atoms with Gasteiger partial charge in [-0.05, 0) is 33.9 Å². The number of aliphatic hydroxyl groups is 2. The van der Waals surface area contributed by atoms with E-state index in [4.69, 9.17) is 25.4 Å². The second-order valence-corrected chi connectivity index (χ2v) is 9.18. The Morgan fingerprint density at radius 3 is 1.57 bits per heavy atom. The fourth-order valence-electron chi connectivity index (χ4n) is 2.70. The molecule has 5 N–H and O–H groups in total. The van der Waals surface area contributed by atoms with E-state index in [1.807, 2.05) is 12.1 Å². The van der Waals surface area contributed by atoms with Gasteiger partial charge in [-0.25, -0.2) is 0 Å². The number of primary amides is 1. The van der Waals surface area contributed by atoms with Crippen LogP contribution in [0.25, 0.3) is 0 Å². The van der Waals surface area contributed by atoms with Gasteiger partial charge in [-0.3, -0.25) is 4.79 Å². The summed E-state index contributed by atoms with van der Waals surface area (Å²) in [7, 11) is 0. The lowest BCUT2D eigenvalue weighted by Crippen LogP contribution is -2.18. The summed E-state index contributed by atoms with van der Waals surface area (Å²) < 4.78 is 9.75. The van der Waals surface area contributed by atoms with Crippen LogP contribution >= 0.6 is 0 Å². The zero-order valence-electron chi connectivity index (χ0n) is 19.5. The summed E-state index contributed by atoms with van der Waals surface area (Å²) in [6.07, 6.45) is 0.944. The smallest absolute Gasteiger partial charge is 0.217 e. The Kier molecular flexibility index (Phi) is 12.8. The maximum Gasteiger partial charge on any atom is 0.217 e. The summed E-state index contributed by atoms with van der Waals surface area (Å²) in [6, 6.07) is 3.99. The number of hydrogen-bond acceptors (Lipinski definition) is 6. The van der Waals surface area contributed by atoms with Crippen molar-refractivity contribution in [3.05, 3.63) is 28.8 Å². The number of rotatable bonds is 10. The molecule has 0 saturated carbocycles. The molecule has 1 aromatic rings. The van der Waals surface area contributed by atoms with Gasteiger partial charge in [0.15, 0.2) is 0 Å². The van der Waals surface area contributed by atoms with E-state index in [0.717, 1.165) is 16.7 Å². The standard InChI is InChI=1S/C17H27NO2.C6H14O4/c1-16(2,3)12-9-11(7-8-14(18)19)10-13(15(12)20)17(4,5)6;7-1-3-9-5-6-10-4-2-8/h9-10,20H,7-8H2,1-6H3,(H2,18,19);7-8H,1-6H2. The Morgan fingerprint density at radius 1 is 0.867 bits per heavy atom. The summed E-state index contributed by atoms with van der Waals surface area (Å²) in [5.41, 5.74) is 7.83. The highest BCUT2D eigenvalue weighted by Crippen LogP contribution is 2.39. The van der Waals surface area contributed by atoms with Crippen LogP contribution in [0.2, 0.25) is 0 Å². The van der Waals surface area contributed by atoms with Crippen LogP contribution in [0.4, 0.5) is 0 Å². The number of phenols is 1. The summed E-state index contributed by atoms with van der Waals surface area (Å²) >= 11 is 0. The van der Waals surface area contributed by atoms with Crippen molar-refractivity contribution in [2.75, 3.05) is 39.6 Å². The number of aliphatic hydroxyl groups excluding tert-OH is 2. The van der Waals surface area contributed by atoms with Crippen molar-refractivity contribution in [1.82, 2.24) is 0 Å². The lowest BCUT2D eigenvalue weighted by atomic mass is 9.78. The number of carbonyl (C=O) groups excluding carboxylic acids is 1. The molecule has 1 aromatic carbocycles. The van der Waals surface area contributed by atoms with E-state index < -0.39 is 0 Å². The lowest BCUT2D eigenvalue weighted by Gasteiger charge is -2.28. The molecule has 0 fully saturated rings. The third kappa shape index (κ3) is 11.5. The third-order valence-corrected chi connectivity index (χ3v) is 4.29. The first kappa shape index (κ1) is 28.3. The minimum Gasteiger partial charge on any atom is -0.507 e. The van der Waals surface area contributed by atoms with Crippen LogP contribution in [0.1, 0.15) is 64.7 Å². The van der Waals surface area contributed by atoms with Gasteiger partial charge in [-0.1, -0.05) is 53.7 Å². The summed E-state index contributed by atoms with van der Waals surface area (Å²) in [5, 5.41) is 27.1. The number of ether oxygens (including phenoxy) is 2. The van der Waals surface area contributed by atoms with Crippen molar-refractivity contribution in [3.8, 4) is 5.75 Å². The van der Waals surface area contributed by atoms with Crippen LogP contribution in [0.5, 0.6) is 5.75 Å². The minimum absolute atomic E-state index is 0.0417. The highest BCUT2D eigenvalue weighted by atomic mass is 16.5. The third-order valence-electron chi connectivity index (χ3n) is 4.29. The molecule has 0 bridgehead atoms. The highest BCUT2D eigenvalue weighted by molar-refractivity contribution is 5.74. The fourth-order valence-corrected chi connectivity index (χ4v) is 2.70. The van der Waals surface area contributed by atoms with Crippen LogP contribution in [-0.4, -0.2) is 60.9 Å². The molecule has 0 aliphatic heterocycles. The molecule has 0 aliphatic carbocycles. The monoisotopic (exact) mass is 427 g/mol. The molecule has 0 aromatic heterocycles.